The van der Waals surface area contributed by atoms with Crippen LogP contribution in [0.25, 0.3) is 56.5 Å². The van der Waals surface area contributed by atoms with Gasteiger partial charge in [-0.15, -0.1) is 0 Å². The van der Waals surface area contributed by atoms with E-state index in [9.17, 15) is 0 Å². The van der Waals surface area contributed by atoms with Crippen molar-refractivity contribution < 1.29 is 0 Å². The first kappa shape index (κ1) is 38.2. The Morgan fingerprint density at radius 1 is 0.811 bits per heavy atom. The molecular weight excluding hydrogens is 643 g/mol. The third-order valence-electron chi connectivity index (χ3n) is 9.78. The average Bonchev–Trinajstić information content (AvgIpc) is 3.87. The van der Waals surface area contributed by atoms with Gasteiger partial charge in [0.15, 0.2) is 0 Å². The SMILES string of the molecule is C=C/C=C\C(C)C(/C=C(\N)c1ccccc1)=C/C.C=C/C=C\c1c(C)c2ccc(-c3ccc4c(c3)c3c(n4-c4ccccc4)C=CC3)cc2n1C.CC. The summed E-state index contributed by atoms with van der Waals surface area (Å²) >= 11 is 0. The minimum absolute atomic E-state index is 0.329. The topological polar surface area (TPSA) is 35.9 Å². The third-order valence-corrected chi connectivity index (χ3v) is 9.78. The Morgan fingerprint density at radius 2 is 1.47 bits per heavy atom. The number of nitrogens with two attached hydrogens (primary N) is 1. The van der Waals surface area contributed by atoms with Gasteiger partial charge in [0.05, 0.1) is 11.2 Å². The van der Waals surface area contributed by atoms with E-state index < -0.39 is 0 Å². The Balaban J connectivity index is 0.000000231. The summed E-state index contributed by atoms with van der Waals surface area (Å²) < 4.78 is 4.67. The van der Waals surface area contributed by atoms with Crippen LogP contribution in [0.1, 0.15) is 55.8 Å². The molecule has 3 heteroatoms. The molecule has 268 valence electrons. The number of aryl methyl sites for hydroxylation is 2. The highest BCUT2D eigenvalue weighted by Gasteiger charge is 2.20. The maximum Gasteiger partial charge on any atom is 0.0538 e. The Labute approximate surface area is 316 Å². The molecule has 0 saturated heterocycles. The molecule has 1 aliphatic carbocycles. The molecule has 53 heavy (non-hydrogen) atoms. The van der Waals surface area contributed by atoms with Crippen molar-refractivity contribution in [2.45, 2.75) is 41.0 Å². The van der Waals surface area contributed by atoms with Crippen LogP contribution in [0.2, 0.25) is 0 Å². The molecule has 2 heterocycles. The van der Waals surface area contributed by atoms with Gasteiger partial charge < -0.3 is 14.9 Å². The number of nitrogens with zero attached hydrogens (tertiary/aromatic N) is 2. The number of benzene rings is 4. The fourth-order valence-electron chi connectivity index (χ4n) is 7.04. The lowest BCUT2D eigenvalue weighted by molar-refractivity contribution is 0.888. The first-order valence-corrected chi connectivity index (χ1v) is 18.6. The van der Waals surface area contributed by atoms with E-state index in [-0.39, 0.29) is 0 Å². The van der Waals surface area contributed by atoms with Crippen molar-refractivity contribution in [1.82, 2.24) is 9.13 Å². The molecular formula is C50H53N3. The molecule has 0 fully saturated rings. The molecule has 0 bridgehead atoms. The van der Waals surface area contributed by atoms with Gasteiger partial charge in [-0.2, -0.15) is 0 Å². The molecule has 0 aliphatic heterocycles. The van der Waals surface area contributed by atoms with E-state index in [0.717, 1.165) is 17.7 Å². The first-order valence-electron chi connectivity index (χ1n) is 18.6. The van der Waals surface area contributed by atoms with Gasteiger partial charge in [-0.05, 0) is 108 Å². The van der Waals surface area contributed by atoms with E-state index in [1.807, 2.05) is 75.4 Å². The first-order chi connectivity index (χ1) is 25.9. The van der Waals surface area contributed by atoms with Gasteiger partial charge in [-0.25, -0.2) is 0 Å². The van der Waals surface area contributed by atoms with Crippen LogP contribution in [0.4, 0.5) is 0 Å². The zero-order valence-electron chi connectivity index (χ0n) is 32.2. The minimum atomic E-state index is 0.329. The Bertz CT molecular complexity index is 2350. The zero-order chi connectivity index (χ0) is 37.9. The van der Waals surface area contributed by atoms with Crippen LogP contribution in [-0.2, 0) is 13.5 Å². The molecule has 7 rings (SSSR count). The van der Waals surface area contributed by atoms with Gasteiger partial charge in [-0.1, -0.05) is 143 Å². The largest absolute Gasteiger partial charge is 0.398 e. The average molecular weight is 696 g/mol. The van der Waals surface area contributed by atoms with Crippen molar-refractivity contribution >= 4 is 39.7 Å². The number of hydrogen-bond donors (Lipinski definition) is 1. The van der Waals surface area contributed by atoms with Gasteiger partial charge >= 0.3 is 0 Å². The standard InChI is InChI=1S/C31H26N2.C17H21N.C2H6/c1-4-5-13-28-21(2)25-17-15-23(20-31(25)32(28)3)22-16-18-30-27(19-22)26-12-9-14-29(26)33(30)24-10-7-6-8-11-24;1-4-6-10-14(3)15(5-2)13-17(18)16-11-8-7-9-12-16;1-2/h4-11,13-20H,1,12H2,2-3H3;4-14H,1,18H2,2-3H3;1-2H3/b13-5-;10-6-,15-5+,17-13-;. The summed E-state index contributed by atoms with van der Waals surface area (Å²) in [5, 5.41) is 2.64. The molecule has 0 spiro atoms. The van der Waals surface area contributed by atoms with E-state index in [1.165, 1.54) is 66.7 Å². The summed E-state index contributed by atoms with van der Waals surface area (Å²) in [6.07, 6.45) is 21.5. The molecule has 0 saturated carbocycles. The number of hydrogen-bond acceptors (Lipinski definition) is 1. The lowest BCUT2D eigenvalue weighted by Gasteiger charge is -2.09. The summed E-state index contributed by atoms with van der Waals surface area (Å²) in [7, 11) is 2.14. The molecule has 2 N–H and O–H groups in total. The number of allylic oxidation sites excluding steroid dienone is 9. The van der Waals surface area contributed by atoms with Gasteiger partial charge in [0, 0.05) is 40.4 Å². The molecule has 3 nitrogen and oxygen atoms in total. The Kier molecular flexibility index (Phi) is 12.9. The highest BCUT2D eigenvalue weighted by atomic mass is 15.0. The molecule has 4 aromatic carbocycles. The van der Waals surface area contributed by atoms with Gasteiger partial charge in [0.25, 0.3) is 0 Å². The predicted octanol–water partition coefficient (Wildman–Crippen LogP) is 13.2. The Morgan fingerprint density at radius 3 is 2.15 bits per heavy atom. The molecule has 0 radical (unpaired) electrons. The third kappa shape index (κ3) is 8.21. The van der Waals surface area contributed by atoms with E-state index in [2.05, 4.69) is 140 Å². The maximum atomic E-state index is 6.11. The summed E-state index contributed by atoms with van der Waals surface area (Å²) in [6.45, 7) is 17.9. The van der Waals surface area contributed by atoms with Crippen molar-refractivity contribution in [2.75, 3.05) is 0 Å². The van der Waals surface area contributed by atoms with Crippen molar-refractivity contribution in [3.8, 4) is 16.8 Å². The van der Waals surface area contributed by atoms with Crippen LogP contribution in [0.15, 0.2) is 164 Å². The predicted molar refractivity (Wildman–Crippen MR) is 234 cm³/mol. The fourth-order valence-corrected chi connectivity index (χ4v) is 7.04. The summed E-state index contributed by atoms with van der Waals surface area (Å²) in [6, 6.07) is 34.4. The van der Waals surface area contributed by atoms with Crippen molar-refractivity contribution in [2.24, 2.45) is 18.7 Å². The number of aromatic nitrogens is 2. The van der Waals surface area contributed by atoms with Crippen LogP contribution in [0.5, 0.6) is 0 Å². The molecule has 2 aromatic heterocycles. The van der Waals surface area contributed by atoms with Crippen molar-refractivity contribution in [1.29, 1.82) is 0 Å². The molecule has 6 aromatic rings. The normalized spacial score (nSPS) is 13.2. The molecule has 1 atom stereocenters. The number of para-hydroxylation sites is 1. The minimum Gasteiger partial charge on any atom is -0.398 e. The fraction of sp³-hybridized carbons (Fsp3) is 0.160. The van der Waals surface area contributed by atoms with Crippen LogP contribution < -0.4 is 5.73 Å². The van der Waals surface area contributed by atoms with Gasteiger partial charge in [-0.3, -0.25) is 0 Å². The second-order valence-corrected chi connectivity index (χ2v) is 12.9. The van der Waals surface area contributed by atoms with Gasteiger partial charge in [0.2, 0.25) is 0 Å². The zero-order valence-corrected chi connectivity index (χ0v) is 32.2. The van der Waals surface area contributed by atoms with E-state index in [0.29, 0.717) is 5.92 Å². The van der Waals surface area contributed by atoms with Crippen LogP contribution >= 0.6 is 0 Å². The van der Waals surface area contributed by atoms with E-state index >= 15 is 0 Å². The second kappa shape index (κ2) is 17.9. The van der Waals surface area contributed by atoms with E-state index in [4.69, 9.17) is 5.73 Å². The summed E-state index contributed by atoms with van der Waals surface area (Å²) in [5.74, 6) is 0.329. The molecule has 0 amide bonds. The van der Waals surface area contributed by atoms with Gasteiger partial charge in [0.1, 0.15) is 0 Å². The van der Waals surface area contributed by atoms with Crippen molar-refractivity contribution in [3.63, 3.8) is 0 Å². The number of fused-ring (bicyclic) bond motifs is 4. The van der Waals surface area contributed by atoms with Crippen LogP contribution in [0.3, 0.4) is 0 Å². The smallest absolute Gasteiger partial charge is 0.0538 e. The second-order valence-electron chi connectivity index (χ2n) is 12.9. The van der Waals surface area contributed by atoms with Crippen molar-refractivity contribution in [3.05, 3.63) is 192 Å². The van der Waals surface area contributed by atoms with Crippen LogP contribution in [-0.4, -0.2) is 9.13 Å². The highest BCUT2D eigenvalue weighted by molar-refractivity contribution is 5.96. The summed E-state index contributed by atoms with van der Waals surface area (Å²) in [4.78, 5) is 0. The number of rotatable bonds is 9. The quantitative estimate of drug-likeness (QED) is 0.150. The van der Waals surface area contributed by atoms with E-state index in [1.54, 1.807) is 6.08 Å². The monoisotopic (exact) mass is 695 g/mol. The maximum absolute atomic E-state index is 6.11. The van der Waals surface area contributed by atoms with Crippen LogP contribution in [0, 0.1) is 12.8 Å². The highest BCUT2D eigenvalue weighted by Crippen LogP contribution is 2.38. The molecule has 1 unspecified atom stereocenters. The molecule has 1 aliphatic rings. The lowest BCUT2D eigenvalue weighted by Crippen LogP contribution is -2.00. The summed E-state index contributed by atoms with van der Waals surface area (Å²) in [5.41, 5.74) is 20.7. The Hall–Kier alpha value is -6.06. The lowest BCUT2D eigenvalue weighted by atomic mass is 9.98.